The summed E-state index contributed by atoms with van der Waals surface area (Å²) >= 11 is 0. The normalized spacial score (nSPS) is 10.1. The Morgan fingerprint density at radius 3 is 2.76 bits per heavy atom. The summed E-state index contributed by atoms with van der Waals surface area (Å²) in [5, 5.41) is 11.9. The Kier molecular flexibility index (Phi) is 4.57. The molecule has 94 valence electrons. The number of rotatable bonds is 4. The second-order valence-electron chi connectivity index (χ2n) is 3.79. The van der Waals surface area contributed by atoms with E-state index in [0.717, 1.165) is 30.3 Å². The highest BCUT2D eigenvalue weighted by Gasteiger charge is 2.04. The van der Waals surface area contributed by atoms with Crippen LogP contribution in [0.3, 0.4) is 0 Å². The van der Waals surface area contributed by atoms with Crippen molar-refractivity contribution in [3.05, 3.63) is 29.7 Å². The van der Waals surface area contributed by atoms with Crippen LogP contribution < -0.4 is 5.32 Å². The molecule has 0 aliphatic rings. The maximum Gasteiger partial charge on any atom is 0.124 e. The second kappa shape index (κ2) is 5.72. The molecule has 0 saturated carbocycles. The lowest BCUT2D eigenvalue weighted by atomic mass is 10.4. The summed E-state index contributed by atoms with van der Waals surface area (Å²) < 4.78 is 3.83. The molecular formula is C11H18ClN5. The monoisotopic (exact) mass is 255 g/mol. The van der Waals surface area contributed by atoms with Crippen molar-refractivity contribution >= 4 is 18.2 Å². The summed E-state index contributed by atoms with van der Waals surface area (Å²) in [6.07, 6.45) is 1.80. The number of halogens is 1. The number of hydrogen-bond donors (Lipinski definition) is 1. The third-order valence-electron chi connectivity index (χ3n) is 2.57. The van der Waals surface area contributed by atoms with Gasteiger partial charge in [-0.2, -0.15) is 10.2 Å². The van der Waals surface area contributed by atoms with Crippen LogP contribution in [0.5, 0.6) is 0 Å². The maximum absolute atomic E-state index is 4.38. The van der Waals surface area contributed by atoms with Crippen LogP contribution in [0, 0.1) is 6.92 Å². The van der Waals surface area contributed by atoms with Crippen LogP contribution in [0.15, 0.2) is 18.3 Å². The molecule has 2 aromatic heterocycles. The molecule has 0 aliphatic carbocycles. The van der Waals surface area contributed by atoms with Crippen LogP contribution in [-0.4, -0.2) is 19.6 Å². The molecule has 0 amide bonds. The molecule has 0 spiro atoms. The first-order valence-corrected chi connectivity index (χ1v) is 5.46. The SMILES string of the molecule is CCn1nc(C)cc1NCc1ccnn1C.Cl. The van der Waals surface area contributed by atoms with Crippen molar-refractivity contribution in [2.75, 3.05) is 5.32 Å². The lowest BCUT2D eigenvalue weighted by molar-refractivity contribution is 0.654. The number of aromatic nitrogens is 4. The molecule has 0 aliphatic heterocycles. The molecule has 0 atom stereocenters. The quantitative estimate of drug-likeness (QED) is 0.909. The summed E-state index contributed by atoms with van der Waals surface area (Å²) in [4.78, 5) is 0. The fourth-order valence-electron chi connectivity index (χ4n) is 1.68. The van der Waals surface area contributed by atoms with Gasteiger partial charge in [0, 0.05) is 25.9 Å². The number of hydrogen-bond acceptors (Lipinski definition) is 3. The highest BCUT2D eigenvalue weighted by atomic mass is 35.5. The summed E-state index contributed by atoms with van der Waals surface area (Å²) in [5.74, 6) is 1.06. The molecule has 1 N–H and O–H groups in total. The van der Waals surface area contributed by atoms with Crippen molar-refractivity contribution in [1.82, 2.24) is 19.6 Å². The molecule has 17 heavy (non-hydrogen) atoms. The lowest BCUT2D eigenvalue weighted by Gasteiger charge is -2.07. The minimum atomic E-state index is 0. The fraction of sp³-hybridized carbons (Fsp3) is 0.455. The first-order valence-electron chi connectivity index (χ1n) is 5.46. The number of anilines is 1. The van der Waals surface area contributed by atoms with Crippen molar-refractivity contribution in [3.8, 4) is 0 Å². The minimum absolute atomic E-state index is 0. The van der Waals surface area contributed by atoms with E-state index in [1.165, 1.54) is 0 Å². The van der Waals surface area contributed by atoms with E-state index in [-0.39, 0.29) is 12.4 Å². The van der Waals surface area contributed by atoms with E-state index in [2.05, 4.69) is 28.5 Å². The van der Waals surface area contributed by atoms with Crippen LogP contribution in [0.1, 0.15) is 18.3 Å². The third kappa shape index (κ3) is 3.00. The van der Waals surface area contributed by atoms with Gasteiger partial charge in [-0.3, -0.25) is 4.68 Å². The maximum atomic E-state index is 4.38. The van der Waals surface area contributed by atoms with E-state index in [1.807, 2.05) is 29.4 Å². The molecule has 2 aromatic rings. The van der Waals surface area contributed by atoms with E-state index in [4.69, 9.17) is 0 Å². The average Bonchev–Trinajstić information content (AvgIpc) is 2.81. The van der Waals surface area contributed by atoms with Gasteiger partial charge in [0.1, 0.15) is 5.82 Å². The van der Waals surface area contributed by atoms with E-state index in [9.17, 15) is 0 Å². The largest absolute Gasteiger partial charge is 0.365 e. The van der Waals surface area contributed by atoms with Crippen molar-refractivity contribution in [2.45, 2.75) is 26.9 Å². The summed E-state index contributed by atoms with van der Waals surface area (Å²) in [6.45, 7) is 5.73. The Hall–Kier alpha value is -1.49. The first-order chi connectivity index (χ1) is 7.70. The van der Waals surface area contributed by atoms with Gasteiger partial charge in [0.15, 0.2) is 0 Å². The van der Waals surface area contributed by atoms with Crippen molar-refractivity contribution in [3.63, 3.8) is 0 Å². The standard InChI is InChI=1S/C11H17N5.ClH/c1-4-16-11(7-9(2)14-16)12-8-10-5-6-13-15(10)3;/h5-7,12H,4,8H2,1-3H3;1H. The van der Waals surface area contributed by atoms with Gasteiger partial charge in [-0.15, -0.1) is 12.4 Å². The van der Waals surface area contributed by atoms with E-state index < -0.39 is 0 Å². The van der Waals surface area contributed by atoms with Crippen molar-refractivity contribution < 1.29 is 0 Å². The first kappa shape index (κ1) is 13.6. The molecule has 2 rings (SSSR count). The number of nitrogens with one attached hydrogen (secondary N) is 1. The van der Waals surface area contributed by atoms with Crippen molar-refractivity contribution in [1.29, 1.82) is 0 Å². The van der Waals surface area contributed by atoms with Crippen LogP contribution in [-0.2, 0) is 20.1 Å². The topological polar surface area (TPSA) is 47.7 Å². The zero-order valence-electron chi connectivity index (χ0n) is 10.3. The van der Waals surface area contributed by atoms with E-state index >= 15 is 0 Å². The van der Waals surface area contributed by atoms with Crippen LogP contribution in [0.25, 0.3) is 0 Å². The molecule has 0 fully saturated rings. The molecule has 0 saturated heterocycles. The van der Waals surface area contributed by atoms with Gasteiger partial charge in [-0.1, -0.05) is 0 Å². The highest BCUT2D eigenvalue weighted by Crippen LogP contribution is 2.11. The van der Waals surface area contributed by atoms with Gasteiger partial charge in [0.25, 0.3) is 0 Å². The fourth-order valence-corrected chi connectivity index (χ4v) is 1.68. The number of nitrogens with zero attached hydrogens (tertiary/aromatic N) is 4. The Labute approximate surface area is 107 Å². The lowest BCUT2D eigenvalue weighted by Crippen LogP contribution is -2.09. The predicted octanol–water partition coefficient (Wildman–Crippen LogP) is 1.98. The van der Waals surface area contributed by atoms with Crippen LogP contribution in [0.2, 0.25) is 0 Å². The molecule has 0 unspecified atom stereocenters. The minimum Gasteiger partial charge on any atom is -0.365 e. The van der Waals surface area contributed by atoms with Crippen molar-refractivity contribution in [2.24, 2.45) is 7.05 Å². The zero-order chi connectivity index (χ0) is 11.5. The molecule has 0 bridgehead atoms. The van der Waals surface area contributed by atoms with Crippen LogP contribution in [0.4, 0.5) is 5.82 Å². The Morgan fingerprint density at radius 1 is 1.41 bits per heavy atom. The smallest absolute Gasteiger partial charge is 0.124 e. The molecule has 0 radical (unpaired) electrons. The van der Waals surface area contributed by atoms with E-state index in [0.29, 0.717) is 0 Å². The van der Waals surface area contributed by atoms with E-state index in [1.54, 1.807) is 6.20 Å². The van der Waals surface area contributed by atoms with Gasteiger partial charge in [-0.25, -0.2) is 4.68 Å². The second-order valence-corrected chi connectivity index (χ2v) is 3.79. The third-order valence-corrected chi connectivity index (χ3v) is 2.57. The molecule has 0 aromatic carbocycles. The Morgan fingerprint density at radius 2 is 2.18 bits per heavy atom. The summed E-state index contributed by atoms with van der Waals surface area (Å²) in [5.41, 5.74) is 2.19. The summed E-state index contributed by atoms with van der Waals surface area (Å²) in [6, 6.07) is 4.06. The summed E-state index contributed by atoms with van der Waals surface area (Å²) in [7, 11) is 1.94. The van der Waals surface area contributed by atoms with Gasteiger partial charge >= 0.3 is 0 Å². The van der Waals surface area contributed by atoms with Gasteiger partial charge < -0.3 is 5.32 Å². The van der Waals surface area contributed by atoms with Crippen LogP contribution >= 0.6 is 12.4 Å². The van der Waals surface area contributed by atoms with Gasteiger partial charge in [-0.05, 0) is 19.9 Å². The number of aryl methyl sites for hydroxylation is 3. The van der Waals surface area contributed by atoms with Gasteiger partial charge in [0.2, 0.25) is 0 Å². The average molecular weight is 256 g/mol. The molecular weight excluding hydrogens is 238 g/mol. The predicted molar refractivity (Wildman–Crippen MR) is 70.4 cm³/mol. The Balaban J connectivity index is 0.00000144. The molecule has 2 heterocycles. The zero-order valence-corrected chi connectivity index (χ0v) is 11.2. The van der Waals surface area contributed by atoms with Gasteiger partial charge in [0.05, 0.1) is 17.9 Å². The Bertz CT molecular complexity index is 474. The molecule has 5 nitrogen and oxygen atoms in total. The highest BCUT2D eigenvalue weighted by molar-refractivity contribution is 5.85. The molecule has 6 heteroatoms.